The molecule has 0 atom stereocenters. The number of rotatable bonds is 6. The Morgan fingerprint density at radius 3 is 2.69 bits per heavy atom. The number of carboxylic acids is 1. The molecule has 0 bridgehead atoms. The van der Waals surface area contributed by atoms with Gasteiger partial charge < -0.3 is 20.5 Å². The van der Waals surface area contributed by atoms with E-state index in [9.17, 15) is 14.7 Å². The van der Waals surface area contributed by atoms with Crippen molar-refractivity contribution in [1.82, 2.24) is 4.98 Å². The van der Waals surface area contributed by atoms with E-state index in [1.165, 1.54) is 22.4 Å². The van der Waals surface area contributed by atoms with Gasteiger partial charge >= 0.3 is 5.97 Å². The molecule has 2 heterocycles. The zero-order chi connectivity index (χ0) is 22.8. The molecule has 0 aliphatic heterocycles. The maximum absolute atomic E-state index is 12.9. The van der Waals surface area contributed by atoms with E-state index in [0.29, 0.717) is 32.1 Å². The molecule has 0 saturated carbocycles. The number of anilines is 2. The van der Waals surface area contributed by atoms with E-state index in [-0.39, 0.29) is 23.9 Å². The number of hydrogen-bond donors (Lipinski definition) is 2. The van der Waals surface area contributed by atoms with Crippen LogP contribution in [0.4, 0.5) is 11.5 Å². The summed E-state index contributed by atoms with van der Waals surface area (Å²) in [4.78, 5) is 29.9. The van der Waals surface area contributed by atoms with Gasteiger partial charge in [-0.1, -0.05) is 17.7 Å². The lowest BCUT2D eigenvalue weighted by molar-refractivity contribution is 0.0698. The molecule has 3 N–H and O–H groups in total. The van der Waals surface area contributed by atoms with Crippen molar-refractivity contribution in [3.05, 3.63) is 81.8 Å². The fourth-order valence-corrected chi connectivity index (χ4v) is 4.44. The number of fused-ring (bicyclic) bond motifs is 1. The Labute approximate surface area is 192 Å². The second kappa shape index (κ2) is 8.86. The van der Waals surface area contributed by atoms with Crippen LogP contribution in [0.5, 0.6) is 5.75 Å². The average molecular weight is 468 g/mol. The normalized spacial score (nSPS) is 10.8. The molecule has 0 aliphatic rings. The zero-order valence-corrected chi connectivity index (χ0v) is 18.5. The number of amides is 1. The molecule has 162 valence electrons. The summed E-state index contributed by atoms with van der Waals surface area (Å²) in [6.07, 6.45) is 1.26. The Morgan fingerprint density at radius 2 is 1.97 bits per heavy atom. The van der Waals surface area contributed by atoms with Crippen molar-refractivity contribution < 1.29 is 19.4 Å². The summed E-state index contributed by atoms with van der Waals surface area (Å²) in [7, 11) is 1.69. The van der Waals surface area contributed by atoms with Gasteiger partial charge in [0.1, 0.15) is 18.2 Å². The number of carbonyl (C=O) groups excluding carboxylic acids is 1. The minimum atomic E-state index is -1.06. The van der Waals surface area contributed by atoms with Crippen LogP contribution in [-0.4, -0.2) is 29.0 Å². The molecule has 32 heavy (non-hydrogen) atoms. The van der Waals surface area contributed by atoms with E-state index in [1.807, 2.05) is 0 Å². The van der Waals surface area contributed by atoms with Crippen LogP contribution < -0.4 is 15.4 Å². The second-order valence-corrected chi connectivity index (χ2v) is 8.30. The first kappa shape index (κ1) is 21.6. The van der Waals surface area contributed by atoms with Gasteiger partial charge in [0.05, 0.1) is 10.3 Å². The molecule has 2 aromatic carbocycles. The molecule has 4 aromatic rings. The number of aromatic nitrogens is 1. The van der Waals surface area contributed by atoms with Crippen molar-refractivity contribution in [3.8, 4) is 5.75 Å². The maximum atomic E-state index is 12.9. The third-order valence-corrected chi connectivity index (χ3v) is 6.24. The van der Waals surface area contributed by atoms with Gasteiger partial charge in [-0.3, -0.25) is 4.79 Å². The standard InChI is InChI=1S/C23H18ClN3O4S/c1-27(16-7-5-15(24)6-8-16)22(28)13-3-2-4-17(9-13)31-11-14-12-32-20-18(23(29)30)10-26-21(25)19(14)20/h2-10,12H,11H2,1H3,(H2,25,26)(H,29,30). The number of nitrogens with two attached hydrogens (primary N) is 1. The summed E-state index contributed by atoms with van der Waals surface area (Å²) in [6, 6.07) is 13.8. The lowest BCUT2D eigenvalue weighted by Gasteiger charge is -2.18. The molecule has 0 saturated heterocycles. The Morgan fingerprint density at radius 1 is 1.22 bits per heavy atom. The van der Waals surface area contributed by atoms with Crippen LogP contribution in [0.2, 0.25) is 5.02 Å². The summed E-state index contributed by atoms with van der Waals surface area (Å²) >= 11 is 7.20. The van der Waals surface area contributed by atoms with E-state index in [1.54, 1.807) is 61.0 Å². The van der Waals surface area contributed by atoms with Crippen molar-refractivity contribution in [2.24, 2.45) is 0 Å². The number of carbonyl (C=O) groups is 2. The van der Waals surface area contributed by atoms with Gasteiger partial charge in [0.2, 0.25) is 0 Å². The Bertz CT molecular complexity index is 1320. The number of benzene rings is 2. The molecular weight excluding hydrogens is 450 g/mol. The first-order valence-corrected chi connectivity index (χ1v) is 10.7. The van der Waals surface area contributed by atoms with Crippen molar-refractivity contribution in [3.63, 3.8) is 0 Å². The highest BCUT2D eigenvalue weighted by molar-refractivity contribution is 7.17. The maximum Gasteiger partial charge on any atom is 0.338 e. The first-order valence-electron chi connectivity index (χ1n) is 9.49. The predicted molar refractivity (Wildman–Crippen MR) is 126 cm³/mol. The molecule has 2 aromatic heterocycles. The van der Waals surface area contributed by atoms with Gasteiger partial charge in [-0.15, -0.1) is 11.3 Å². The van der Waals surface area contributed by atoms with E-state index in [4.69, 9.17) is 22.1 Å². The van der Waals surface area contributed by atoms with Crippen LogP contribution in [0.3, 0.4) is 0 Å². The number of nitrogen functional groups attached to an aromatic ring is 1. The van der Waals surface area contributed by atoms with Crippen LogP contribution in [-0.2, 0) is 6.61 Å². The number of ether oxygens (including phenoxy) is 1. The predicted octanol–water partition coefficient (Wildman–Crippen LogP) is 5.09. The Kier molecular flexibility index (Phi) is 5.98. The monoisotopic (exact) mass is 467 g/mol. The molecule has 1 amide bonds. The van der Waals surface area contributed by atoms with Crippen molar-refractivity contribution in [2.45, 2.75) is 6.61 Å². The molecule has 0 fully saturated rings. The van der Waals surface area contributed by atoms with Crippen LogP contribution in [0.15, 0.2) is 60.1 Å². The SMILES string of the molecule is CN(C(=O)c1cccc(OCc2csc3c(C(=O)O)cnc(N)c23)c1)c1ccc(Cl)cc1. The van der Waals surface area contributed by atoms with E-state index < -0.39 is 5.97 Å². The Balaban J connectivity index is 1.54. The first-order chi connectivity index (χ1) is 15.3. The molecule has 9 heteroatoms. The van der Waals surface area contributed by atoms with Crippen LogP contribution in [0.1, 0.15) is 26.3 Å². The van der Waals surface area contributed by atoms with Crippen molar-refractivity contribution in [2.75, 3.05) is 17.7 Å². The van der Waals surface area contributed by atoms with Gasteiger partial charge in [0.15, 0.2) is 0 Å². The largest absolute Gasteiger partial charge is 0.489 e. The number of aromatic carboxylic acids is 1. The number of carboxylic acid groups (broad SMARTS) is 1. The Hall–Kier alpha value is -3.62. The summed E-state index contributed by atoms with van der Waals surface area (Å²) in [5.41, 5.74) is 8.00. The van der Waals surface area contributed by atoms with Gasteiger partial charge in [-0.2, -0.15) is 0 Å². The molecule has 0 aliphatic carbocycles. The highest BCUT2D eigenvalue weighted by atomic mass is 35.5. The number of pyridine rings is 1. The quantitative estimate of drug-likeness (QED) is 0.409. The van der Waals surface area contributed by atoms with Crippen molar-refractivity contribution in [1.29, 1.82) is 0 Å². The third-order valence-electron chi connectivity index (χ3n) is 4.93. The topological polar surface area (TPSA) is 106 Å². The molecule has 0 radical (unpaired) electrons. The van der Waals surface area contributed by atoms with Crippen LogP contribution in [0.25, 0.3) is 10.1 Å². The fraction of sp³-hybridized carbons (Fsp3) is 0.0870. The molecule has 4 rings (SSSR count). The highest BCUT2D eigenvalue weighted by Crippen LogP contribution is 2.33. The molecule has 7 nitrogen and oxygen atoms in total. The molecule has 0 unspecified atom stereocenters. The minimum Gasteiger partial charge on any atom is -0.489 e. The minimum absolute atomic E-state index is 0.100. The van der Waals surface area contributed by atoms with E-state index in [2.05, 4.69) is 4.98 Å². The number of nitrogens with zero attached hydrogens (tertiary/aromatic N) is 2. The third kappa shape index (κ3) is 4.23. The number of halogens is 1. The number of hydrogen-bond acceptors (Lipinski definition) is 6. The van der Waals surface area contributed by atoms with E-state index >= 15 is 0 Å². The molecular formula is C23H18ClN3O4S. The number of thiophene rings is 1. The second-order valence-electron chi connectivity index (χ2n) is 6.98. The van der Waals surface area contributed by atoms with Crippen molar-refractivity contribution >= 4 is 56.4 Å². The van der Waals surface area contributed by atoms with Gasteiger partial charge in [-0.05, 0) is 47.8 Å². The fourth-order valence-electron chi connectivity index (χ4n) is 3.24. The smallest absolute Gasteiger partial charge is 0.338 e. The highest BCUT2D eigenvalue weighted by Gasteiger charge is 2.18. The average Bonchev–Trinajstić information content (AvgIpc) is 3.22. The molecule has 0 spiro atoms. The van der Waals surface area contributed by atoms with Gasteiger partial charge in [0.25, 0.3) is 5.91 Å². The summed E-state index contributed by atoms with van der Waals surface area (Å²) in [5.74, 6) is -0.509. The van der Waals surface area contributed by atoms with Crippen LogP contribution >= 0.6 is 22.9 Å². The lowest BCUT2D eigenvalue weighted by Crippen LogP contribution is -2.26. The van der Waals surface area contributed by atoms with Gasteiger partial charge in [0, 0.05) is 40.5 Å². The van der Waals surface area contributed by atoms with E-state index in [0.717, 1.165) is 5.56 Å². The summed E-state index contributed by atoms with van der Waals surface area (Å²) in [5, 5.41) is 12.3. The van der Waals surface area contributed by atoms with Gasteiger partial charge in [-0.25, -0.2) is 9.78 Å². The summed E-state index contributed by atoms with van der Waals surface area (Å²) < 4.78 is 6.45. The zero-order valence-electron chi connectivity index (χ0n) is 16.9. The summed E-state index contributed by atoms with van der Waals surface area (Å²) in [6.45, 7) is 0.152. The lowest BCUT2D eigenvalue weighted by atomic mass is 10.1. The van der Waals surface area contributed by atoms with Crippen LogP contribution in [0, 0.1) is 0 Å².